The van der Waals surface area contributed by atoms with E-state index < -0.39 is 6.03 Å². The topological polar surface area (TPSA) is 72.4 Å². The van der Waals surface area contributed by atoms with Gasteiger partial charge in [0, 0.05) is 12.0 Å². The van der Waals surface area contributed by atoms with Crippen molar-refractivity contribution >= 4 is 24.5 Å². The highest BCUT2D eigenvalue weighted by atomic mass is 32.1. The number of primary amides is 1. The number of thiol groups is 1. The van der Waals surface area contributed by atoms with Gasteiger partial charge in [0.1, 0.15) is 0 Å². The number of oxazole rings is 1. The Morgan fingerprint density at radius 3 is 2.61 bits per heavy atom. The quantitative estimate of drug-likeness (QED) is 0.836. The van der Waals surface area contributed by atoms with Crippen LogP contribution in [0.1, 0.15) is 12.8 Å². The lowest BCUT2D eigenvalue weighted by atomic mass is 10.2. The van der Waals surface area contributed by atoms with Crippen molar-refractivity contribution < 1.29 is 9.21 Å². The number of carbonyl (C=O) groups excluding carboxylic acids is 1. The standard InChI is InChI=1S/C12H13N3O2S/c1-2-11-14-7-10(17-11)8-3-5-9(6-4-8)15(18)12(13)16/h3-7,18H,2H2,1H3,(H2,13,16). The van der Waals surface area contributed by atoms with Crippen LogP contribution in [0.4, 0.5) is 10.5 Å². The lowest BCUT2D eigenvalue weighted by Gasteiger charge is -2.12. The number of aromatic nitrogens is 1. The zero-order chi connectivity index (χ0) is 13.1. The van der Waals surface area contributed by atoms with E-state index in [9.17, 15) is 4.79 Å². The molecular formula is C12H13N3O2S. The smallest absolute Gasteiger partial charge is 0.329 e. The fourth-order valence-corrected chi connectivity index (χ4v) is 1.63. The monoisotopic (exact) mass is 263 g/mol. The Labute approximate surface area is 110 Å². The van der Waals surface area contributed by atoms with Crippen molar-refractivity contribution in [1.29, 1.82) is 0 Å². The van der Waals surface area contributed by atoms with E-state index in [1.54, 1.807) is 18.3 Å². The van der Waals surface area contributed by atoms with Gasteiger partial charge in [-0.1, -0.05) is 19.7 Å². The molecule has 18 heavy (non-hydrogen) atoms. The zero-order valence-corrected chi connectivity index (χ0v) is 10.7. The van der Waals surface area contributed by atoms with E-state index in [0.717, 1.165) is 16.3 Å². The SMILES string of the molecule is CCc1ncc(-c2ccc(N(S)C(N)=O)cc2)o1. The summed E-state index contributed by atoms with van der Waals surface area (Å²) in [6.07, 6.45) is 2.44. The molecule has 1 heterocycles. The molecule has 0 saturated carbocycles. The van der Waals surface area contributed by atoms with E-state index in [-0.39, 0.29) is 0 Å². The van der Waals surface area contributed by atoms with E-state index in [1.165, 1.54) is 0 Å². The summed E-state index contributed by atoms with van der Waals surface area (Å²) in [7, 11) is 0. The predicted molar refractivity (Wildman–Crippen MR) is 72.4 cm³/mol. The molecule has 0 bridgehead atoms. The van der Waals surface area contributed by atoms with Crippen LogP contribution in [0.15, 0.2) is 34.9 Å². The maximum absolute atomic E-state index is 10.9. The van der Waals surface area contributed by atoms with Crippen LogP contribution in [0, 0.1) is 0 Å². The molecule has 1 aromatic heterocycles. The van der Waals surface area contributed by atoms with Crippen molar-refractivity contribution in [2.75, 3.05) is 4.31 Å². The minimum atomic E-state index is -0.626. The highest BCUT2D eigenvalue weighted by Gasteiger charge is 2.09. The number of anilines is 1. The molecule has 2 aromatic rings. The van der Waals surface area contributed by atoms with Gasteiger partial charge in [-0.15, -0.1) is 0 Å². The van der Waals surface area contributed by atoms with Crippen molar-refractivity contribution in [3.63, 3.8) is 0 Å². The van der Waals surface area contributed by atoms with Crippen molar-refractivity contribution in [1.82, 2.24) is 4.98 Å². The Morgan fingerprint density at radius 2 is 2.11 bits per heavy atom. The average molecular weight is 263 g/mol. The van der Waals surface area contributed by atoms with Crippen LogP contribution in [-0.2, 0) is 6.42 Å². The van der Waals surface area contributed by atoms with Gasteiger partial charge in [-0.25, -0.2) is 14.1 Å². The number of amides is 2. The van der Waals surface area contributed by atoms with Gasteiger partial charge in [-0.3, -0.25) is 0 Å². The Hall–Kier alpha value is -1.95. The molecule has 1 aromatic carbocycles. The lowest BCUT2D eigenvalue weighted by Crippen LogP contribution is -2.27. The second-order valence-corrected chi connectivity index (χ2v) is 4.07. The fourth-order valence-electron chi connectivity index (χ4n) is 1.50. The van der Waals surface area contributed by atoms with Gasteiger partial charge < -0.3 is 10.2 Å². The van der Waals surface area contributed by atoms with Crippen molar-refractivity contribution in [3.8, 4) is 11.3 Å². The molecule has 0 radical (unpaired) electrons. The first kappa shape index (κ1) is 12.5. The second-order valence-electron chi connectivity index (χ2n) is 3.67. The molecule has 0 spiro atoms. The van der Waals surface area contributed by atoms with Gasteiger partial charge in [-0.05, 0) is 24.3 Å². The first-order valence-electron chi connectivity index (χ1n) is 5.45. The number of aryl methyl sites for hydroxylation is 1. The molecule has 2 amide bonds. The number of carbonyl (C=O) groups is 1. The van der Waals surface area contributed by atoms with Crippen molar-refractivity contribution in [2.24, 2.45) is 5.73 Å². The fraction of sp³-hybridized carbons (Fsp3) is 0.167. The molecule has 0 atom stereocenters. The Bertz CT molecular complexity index is 551. The molecule has 5 nitrogen and oxygen atoms in total. The van der Waals surface area contributed by atoms with Crippen LogP contribution in [0.3, 0.4) is 0 Å². The predicted octanol–water partition coefficient (Wildman–Crippen LogP) is 2.63. The molecule has 0 saturated heterocycles. The van der Waals surface area contributed by atoms with Crippen LogP contribution in [0.2, 0.25) is 0 Å². The summed E-state index contributed by atoms with van der Waals surface area (Å²) in [5.74, 6) is 1.39. The van der Waals surface area contributed by atoms with E-state index in [0.29, 0.717) is 17.3 Å². The molecule has 0 aliphatic rings. The minimum Gasteiger partial charge on any atom is -0.441 e. The largest absolute Gasteiger partial charge is 0.441 e. The summed E-state index contributed by atoms with van der Waals surface area (Å²) < 4.78 is 6.60. The zero-order valence-electron chi connectivity index (χ0n) is 9.83. The van der Waals surface area contributed by atoms with Crippen LogP contribution in [0.25, 0.3) is 11.3 Å². The highest BCUT2D eigenvalue weighted by Crippen LogP contribution is 2.24. The van der Waals surface area contributed by atoms with Crippen LogP contribution in [0.5, 0.6) is 0 Å². The minimum absolute atomic E-state index is 0.602. The third kappa shape index (κ3) is 2.48. The van der Waals surface area contributed by atoms with Gasteiger partial charge >= 0.3 is 6.03 Å². The van der Waals surface area contributed by atoms with Gasteiger partial charge in [0.25, 0.3) is 0 Å². The number of urea groups is 1. The number of nitrogens with two attached hydrogens (primary N) is 1. The number of hydrogen-bond acceptors (Lipinski definition) is 4. The molecule has 2 rings (SSSR count). The van der Waals surface area contributed by atoms with Gasteiger partial charge in [0.05, 0.1) is 11.9 Å². The number of nitrogens with zero attached hydrogens (tertiary/aromatic N) is 2. The molecule has 94 valence electrons. The van der Waals surface area contributed by atoms with E-state index in [1.807, 2.05) is 19.1 Å². The van der Waals surface area contributed by atoms with Crippen LogP contribution < -0.4 is 10.0 Å². The maximum Gasteiger partial charge on any atom is 0.329 e. The summed E-state index contributed by atoms with van der Waals surface area (Å²) in [6.45, 7) is 1.98. The lowest BCUT2D eigenvalue weighted by molar-refractivity contribution is 0.257. The molecule has 2 N–H and O–H groups in total. The molecule has 6 heteroatoms. The van der Waals surface area contributed by atoms with E-state index >= 15 is 0 Å². The normalized spacial score (nSPS) is 10.3. The van der Waals surface area contributed by atoms with E-state index in [4.69, 9.17) is 10.2 Å². The third-order valence-electron chi connectivity index (χ3n) is 2.46. The first-order chi connectivity index (χ1) is 8.61. The highest BCUT2D eigenvalue weighted by molar-refractivity contribution is 7.82. The molecular weight excluding hydrogens is 250 g/mol. The molecule has 0 aliphatic heterocycles. The number of hydrogen-bond donors (Lipinski definition) is 2. The maximum atomic E-state index is 10.9. The van der Waals surface area contributed by atoms with Crippen molar-refractivity contribution in [3.05, 3.63) is 36.4 Å². The summed E-state index contributed by atoms with van der Waals surface area (Å²) in [6, 6.07) is 6.49. The van der Waals surface area contributed by atoms with Gasteiger partial charge in [-0.2, -0.15) is 0 Å². The number of rotatable bonds is 3. The summed E-state index contributed by atoms with van der Waals surface area (Å²) >= 11 is 3.98. The van der Waals surface area contributed by atoms with Crippen LogP contribution in [-0.4, -0.2) is 11.0 Å². The Balaban J connectivity index is 2.24. The Kier molecular flexibility index (Phi) is 3.57. The van der Waals surface area contributed by atoms with Gasteiger partial charge in [0.2, 0.25) is 0 Å². The van der Waals surface area contributed by atoms with Gasteiger partial charge in [0.15, 0.2) is 11.7 Å². The summed E-state index contributed by atoms with van der Waals surface area (Å²) in [4.78, 5) is 15.1. The van der Waals surface area contributed by atoms with Crippen LogP contribution >= 0.6 is 12.8 Å². The first-order valence-corrected chi connectivity index (χ1v) is 5.85. The summed E-state index contributed by atoms with van der Waals surface area (Å²) in [5.41, 5.74) is 6.61. The number of benzene rings is 1. The average Bonchev–Trinajstić information content (AvgIpc) is 2.86. The van der Waals surface area contributed by atoms with Crippen molar-refractivity contribution in [2.45, 2.75) is 13.3 Å². The molecule has 0 unspecified atom stereocenters. The Morgan fingerprint density at radius 1 is 1.44 bits per heavy atom. The molecule has 0 aliphatic carbocycles. The summed E-state index contributed by atoms with van der Waals surface area (Å²) in [5, 5.41) is 0. The third-order valence-corrected chi connectivity index (χ3v) is 2.89. The van der Waals surface area contributed by atoms with E-state index in [2.05, 4.69) is 17.8 Å². The molecule has 0 fully saturated rings. The second kappa shape index (κ2) is 5.14.